The van der Waals surface area contributed by atoms with E-state index >= 15 is 0 Å². The molecule has 0 aliphatic carbocycles. The van der Waals surface area contributed by atoms with Gasteiger partial charge in [0.15, 0.2) is 5.13 Å². The fourth-order valence-electron chi connectivity index (χ4n) is 3.68. The van der Waals surface area contributed by atoms with Gasteiger partial charge in [0.2, 0.25) is 15.9 Å². The van der Waals surface area contributed by atoms with Crippen molar-refractivity contribution in [2.24, 2.45) is 0 Å². The summed E-state index contributed by atoms with van der Waals surface area (Å²) in [5, 5.41) is 5.90. The number of nitrogens with zero attached hydrogens (tertiary/aromatic N) is 2. The van der Waals surface area contributed by atoms with E-state index in [9.17, 15) is 13.2 Å². The van der Waals surface area contributed by atoms with Gasteiger partial charge in [0.25, 0.3) is 0 Å². The van der Waals surface area contributed by atoms with Crippen molar-refractivity contribution in [1.82, 2.24) is 15.0 Å². The summed E-state index contributed by atoms with van der Waals surface area (Å²) in [6.07, 6.45) is 2.74. The Hall–Kier alpha value is -1.97. The van der Waals surface area contributed by atoms with Crippen molar-refractivity contribution in [3.8, 4) is 0 Å². The average Bonchev–Trinajstić information content (AvgIpc) is 3.31. The van der Waals surface area contributed by atoms with Crippen molar-refractivity contribution >= 4 is 32.4 Å². The summed E-state index contributed by atoms with van der Waals surface area (Å²) in [6, 6.07) is 2.06. The molecule has 1 unspecified atom stereocenters. The van der Waals surface area contributed by atoms with Crippen LogP contribution in [0.15, 0.2) is 22.5 Å². The third kappa shape index (κ3) is 4.96. The SMILES string of the molecule is Cc1cc(C)c(C)c(S(=O)(=O)NCCC(=O)NC2CCN(c3nccs3)C2)c1C. The van der Waals surface area contributed by atoms with Crippen LogP contribution in [0.2, 0.25) is 0 Å². The molecule has 1 fully saturated rings. The van der Waals surface area contributed by atoms with Gasteiger partial charge in [-0.15, -0.1) is 11.3 Å². The zero-order chi connectivity index (χ0) is 21.2. The van der Waals surface area contributed by atoms with Crippen LogP contribution in [-0.4, -0.2) is 45.0 Å². The lowest BCUT2D eigenvalue weighted by atomic mass is 10.0. The van der Waals surface area contributed by atoms with Crippen LogP contribution in [0.1, 0.15) is 35.1 Å². The molecule has 2 aromatic rings. The smallest absolute Gasteiger partial charge is 0.241 e. The average molecular weight is 437 g/mol. The summed E-state index contributed by atoms with van der Waals surface area (Å²) >= 11 is 1.59. The largest absolute Gasteiger partial charge is 0.351 e. The van der Waals surface area contributed by atoms with Crippen molar-refractivity contribution < 1.29 is 13.2 Å². The second kappa shape index (κ2) is 8.81. The lowest BCUT2D eigenvalue weighted by Crippen LogP contribution is -2.39. The van der Waals surface area contributed by atoms with Crippen LogP contribution < -0.4 is 14.9 Å². The van der Waals surface area contributed by atoms with Gasteiger partial charge in [0.05, 0.1) is 4.90 Å². The first-order valence-corrected chi connectivity index (χ1v) is 12.1. The Morgan fingerprint density at radius 3 is 2.55 bits per heavy atom. The van der Waals surface area contributed by atoms with Crippen LogP contribution >= 0.6 is 11.3 Å². The maximum absolute atomic E-state index is 12.8. The Balaban J connectivity index is 1.53. The summed E-state index contributed by atoms with van der Waals surface area (Å²) in [7, 11) is -3.67. The second-order valence-electron chi connectivity index (χ2n) is 7.55. The van der Waals surface area contributed by atoms with Gasteiger partial charge in [-0.2, -0.15) is 0 Å². The fraction of sp³-hybridized carbons (Fsp3) is 0.500. The van der Waals surface area contributed by atoms with Crippen LogP contribution in [0.25, 0.3) is 0 Å². The summed E-state index contributed by atoms with van der Waals surface area (Å²) in [6.45, 7) is 9.11. The first-order valence-electron chi connectivity index (χ1n) is 9.70. The quantitative estimate of drug-likeness (QED) is 0.696. The maximum atomic E-state index is 12.8. The molecule has 1 saturated heterocycles. The number of benzene rings is 1. The highest BCUT2D eigenvalue weighted by Crippen LogP contribution is 2.26. The van der Waals surface area contributed by atoms with Gasteiger partial charge in [-0.3, -0.25) is 4.79 Å². The number of aromatic nitrogens is 1. The summed E-state index contributed by atoms with van der Waals surface area (Å²) in [5.74, 6) is -0.146. The van der Waals surface area contributed by atoms with Crippen molar-refractivity contribution in [2.45, 2.75) is 51.5 Å². The Morgan fingerprint density at radius 2 is 1.93 bits per heavy atom. The third-order valence-electron chi connectivity index (χ3n) is 5.45. The zero-order valence-corrected chi connectivity index (χ0v) is 18.9. The lowest BCUT2D eigenvalue weighted by Gasteiger charge is -2.17. The molecule has 1 aliphatic rings. The Morgan fingerprint density at radius 1 is 1.24 bits per heavy atom. The highest BCUT2D eigenvalue weighted by Gasteiger charge is 2.26. The normalized spacial score (nSPS) is 17.0. The van der Waals surface area contributed by atoms with E-state index in [2.05, 4.69) is 19.9 Å². The molecule has 1 atom stereocenters. The standard InChI is InChI=1S/C20H28N4O3S2/c1-13-11-14(2)16(4)19(15(13)3)29(26,27)22-7-5-18(25)23-17-6-9-24(12-17)20-21-8-10-28-20/h8,10-11,17,22H,5-7,9,12H2,1-4H3,(H,23,25). The minimum Gasteiger partial charge on any atom is -0.351 e. The number of anilines is 1. The third-order valence-corrected chi connectivity index (χ3v) is 8.02. The van der Waals surface area contributed by atoms with E-state index in [1.54, 1.807) is 17.5 Å². The molecule has 1 aliphatic heterocycles. The predicted molar refractivity (Wildman–Crippen MR) is 116 cm³/mol. The molecule has 0 spiro atoms. The number of carbonyl (C=O) groups excluding carboxylic acids is 1. The highest BCUT2D eigenvalue weighted by molar-refractivity contribution is 7.89. The molecule has 0 bridgehead atoms. The van der Waals surface area contributed by atoms with Crippen LogP contribution in [0.3, 0.4) is 0 Å². The molecule has 7 nitrogen and oxygen atoms in total. The predicted octanol–water partition coefficient (Wildman–Crippen LogP) is 2.44. The number of carbonyl (C=O) groups is 1. The monoisotopic (exact) mass is 436 g/mol. The van der Waals surface area contributed by atoms with E-state index in [0.717, 1.165) is 46.9 Å². The van der Waals surface area contributed by atoms with Gasteiger partial charge in [0.1, 0.15) is 0 Å². The van der Waals surface area contributed by atoms with E-state index < -0.39 is 10.0 Å². The van der Waals surface area contributed by atoms with E-state index in [-0.39, 0.29) is 24.9 Å². The fourth-order valence-corrected chi connectivity index (χ4v) is 6.00. The van der Waals surface area contributed by atoms with Crippen LogP contribution in [0, 0.1) is 27.7 Å². The molecular formula is C20H28N4O3S2. The number of nitrogens with one attached hydrogen (secondary N) is 2. The first kappa shape index (κ1) is 21.7. The minimum absolute atomic E-state index is 0.0620. The number of thiazole rings is 1. The summed E-state index contributed by atoms with van der Waals surface area (Å²) in [5.41, 5.74) is 3.38. The van der Waals surface area contributed by atoms with Gasteiger partial charge in [-0.25, -0.2) is 18.1 Å². The first-order chi connectivity index (χ1) is 13.7. The van der Waals surface area contributed by atoms with E-state index in [0.29, 0.717) is 4.90 Å². The second-order valence-corrected chi connectivity index (χ2v) is 10.1. The van der Waals surface area contributed by atoms with Crippen molar-refractivity contribution in [3.05, 3.63) is 39.9 Å². The summed E-state index contributed by atoms with van der Waals surface area (Å²) < 4.78 is 28.2. The molecule has 1 aromatic heterocycles. The molecule has 29 heavy (non-hydrogen) atoms. The molecule has 3 rings (SSSR count). The van der Waals surface area contributed by atoms with Crippen LogP contribution in [-0.2, 0) is 14.8 Å². The van der Waals surface area contributed by atoms with Gasteiger partial charge in [-0.1, -0.05) is 6.07 Å². The van der Waals surface area contributed by atoms with Crippen LogP contribution in [0.5, 0.6) is 0 Å². The number of hydrogen-bond donors (Lipinski definition) is 2. The number of hydrogen-bond acceptors (Lipinski definition) is 6. The van der Waals surface area contributed by atoms with E-state index in [1.165, 1.54) is 0 Å². The Bertz CT molecular complexity index is 961. The topological polar surface area (TPSA) is 91.4 Å². The zero-order valence-electron chi connectivity index (χ0n) is 17.3. The molecule has 2 N–H and O–H groups in total. The van der Waals surface area contributed by atoms with Crippen molar-refractivity contribution in [3.63, 3.8) is 0 Å². The Kier molecular flexibility index (Phi) is 6.60. The highest BCUT2D eigenvalue weighted by atomic mass is 32.2. The maximum Gasteiger partial charge on any atom is 0.241 e. The molecular weight excluding hydrogens is 408 g/mol. The summed E-state index contributed by atoms with van der Waals surface area (Å²) in [4.78, 5) is 19.1. The Labute approximate surface area is 176 Å². The molecule has 9 heteroatoms. The van der Waals surface area contributed by atoms with Gasteiger partial charge < -0.3 is 10.2 Å². The van der Waals surface area contributed by atoms with Crippen molar-refractivity contribution in [1.29, 1.82) is 0 Å². The number of rotatable bonds is 7. The van der Waals surface area contributed by atoms with Crippen LogP contribution in [0.4, 0.5) is 5.13 Å². The minimum atomic E-state index is -3.67. The van der Waals surface area contributed by atoms with Gasteiger partial charge in [0, 0.05) is 43.7 Å². The number of sulfonamides is 1. The lowest BCUT2D eigenvalue weighted by molar-refractivity contribution is -0.121. The molecule has 0 radical (unpaired) electrons. The number of amides is 1. The van der Waals surface area contributed by atoms with E-state index in [4.69, 9.17) is 0 Å². The molecule has 2 heterocycles. The van der Waals surface area contributed by atoms with Crippen molar-refractivity contribution in [2.75, 3.05) is 24.5 Å². The molecule has 0 saturated carbocycles. The van der Waals surface area contributed by atoms with Gasteiger partial charge in [-0.05, 0) is 56.4 Å². The van der Waals surface area contributed by atoms with E-state index in [1.807, 2.05) is 39.1 Å². The number of aryl methyl sites for hydroxylation is 2. The van der Waals surface area contributed by atoms with Gasteiger partial charge >= 0.3 is 0 Å². The molecule has 1 aromatic carbocycles. The molecule has 1 amide bonds. The molecule has 158 valence electrons.